The second kappa shape index (κ2) is 4.96. The Hall–Kier alpha value is -0.590. The quantitative estimate of drug-likeness (QED) is 0.811. The minimum Gasteiger partial charge on any atom is -0.338 e. The third-order valence-corrected chi connectivity index (χ3v) is 3.51. The van der Waals surface area contributed by atoms with Gasteiger partial charge in [0.2, 0.25) is 5.89 Å². The Bertz CT molecular complexity index is 317. The average molecular weight is 228 g/mol. The molecule has 1 unspecified atom stereocenters. The summed E-state index contributed by atoms with van der Waals surface area (Å²) in [7, 11) is 0. The van der Waals surface area contributed by atoms with Gasteiger partial charge in [-0.2, -0.15) is 16.7 Å². The van der Waals surface area contributed by atoms with Crippen LogP contribution in [0.3, 0.4) is 0 Å². The lowest BCUT2D eigenvalue weighted by molar-refractivity contribution is 0.265. The van der Waals surface area contributed by atoms with Gasteiger partial charge in [-0.25, -0.2) is 0 Å². The van der Waals surface area contributed by atoms with Gasteiger partial charge in [-0.3, -0.25) is 4.90 Å². The molecule has 0 saturated carbocycles. The van der Waals surface area contributed by atoms with Gasteiger partial charge in [-0.05, 0) is 0 Å². The van der Waals surface area contributed by atoms with Crippen LogP contribution in [0.2, 0.25) is 0 Å². The molecule has 0 radical (unpaired) electrons. The summed E-state index contributed by atoms with van der Waals surface area (Å²) in [4.78, 5) is 6.55. The highest BCUT2D eigenvalue weighted by Gasteiger charge is 2.18. The van der Waals surface area contributed by atoms with Crippen molar-refractivity contribution in [3.63, 3.8) is 0 Å². The largest absolute Gasteiger partial charge is 0.338 e. The van der Waals surface area contributed by atoms with Crippen LogP contribution in [0.4, 0.5) is 0 Å². The van der Waals surface area contributed by atoms with Crippen LogP contribution in [0, 0.1) is 0 Å². The van der Waals surface area contributed by atoms with Crippen molar-refractivity contribution < 1.29 is 4.52 Å². The summed E-state index contributed by atoms with van der Waals surface area (Å²) in [5.41, 5.74) is 5.41. The van der Waals surface area contributed by atoms with Gasteiger partial charge in [0.15, 0.2) is 5.82 Å². The molecule has 0 aromatic carbocycles. The predicted molar refractivity (Wildman–Crippen MR) is 59.4 cm³/mol. The number of nitrogens with two attached hydrogens (primary N) is 1. The fourth-order valence-electron chi connectivity index (χ4n) is 1.67. The van der Waals surface area contributed by atoms with E-state index in [1.54, 1.807) is 0 Å². The molecule has 2 heterocycles. The Labute approximate surface area is 93.4 Å². The maximum absolute atomic E-state index is 5.41. The van der Waals surface area contributed by atoms with Crippen molar-refractivity contribution in [3.8, 4) is 0 Å². The summed E-state index contributed by atoms with van der Waals surface area (Å²) in [5.74, 6) is 2.45. The van der Waals surface area contributed by atoms with Crippen LogP contribution in [0.1, 0.15) is 18.6 Å². The summed E-state index contributed by atoms with van der Waals surface area (Å²) in [6.45, 7) is 5.53. The Balaban J connectivity index is 1.90. The van der Waals surface area contributed by atoms with Gasteiger partial charge in [0.25, 0.3) is 0 Å². The highest BCUT2D eigenvalue weighted by molar-refractivity contribution is 7.99. The summed E-state index contributed by atoms with van der Waals surface area (Å²) < 4.78 is 4.96. The minimum atomic E-state index is 0.319. The Morgan fingerprint density at radius 1 is 1.67 bits per heavy atom. The lowest BCUT2D eigenvalue weighted by Gasteiger charge is -2.29. The summed E-state index contributed by atoms with van der Waals surface area (Å²) in [5, 5.41) is 4.59. The molecule has 6 heteroatoms. The molecular formula is C9H16N4OS. The Kier molecular flexibility index (Phi) is 3.61. The van der Waals surface area contributed by atoms with Gasteiger partial charge in [0.1, 0.15) is 0 Å². The van der Waals surface area contributed by atoms with Crippen LogP contribution in [0.15, 0.2) is 4.52 Å². The maximum atomic E-state index is 5.41. The number of hydrogen-bond acceptors (Lipinski definition) is 6. The first-order valence-corrected chi connectivity index (χ1v) is 6.18. The lowest BCUT2D eigenvalue weighted by Crippen LogP contribution is -2.36. The molecule has 0 amide bonds. The Morgan fingerprint density at radius 2 is 2.53 bits per heavy atom. The van der Waals surface area contributed by atoms with Crippen molar-refractivity contribution in [1.29, 1.82) is 0 Å². The van der Waals surface area contributed by atoms with Gasteiger partial charge in [-0.1, -0.05) is 12.1 Å². The predicted octanol–water partition coefficient (Wildman–Crippen LogP) is 0.466. The molecule has 1 aromatic heterocycles. The van der Waals surface area contributed by atoms with Gasteiger partial charge < -0.3 is 10.3 Å². The molecule has 2 rings (SSSR count). The molecule has 0 spiro atoms. The van der Waals surface area contributed by atoms with Crippen LogP contribution in [-0.4, -0.2) is 39.1 Å². The van der Waals surface area contributed by atoms with E-state index < -0.39 is 0 Å². The molecule has 1 atom stereocenters. The molecule has 84 valence electrons. The molecule has 5 nitrogen and oxygen atoms in total. The van der Waals surface area contributed by atoms with E-state index in [9.17, 15) is 0 Å². The molecule has 15 heavy (non-hydrogen) atoms. The van der Waals surface area contributed by atoms with Crippen molar-refractivity contribution in [2.45, 2.75) is 25.3 Å². The molecule has 1 fully saturated rings. The standard InChI is InChI=1S/C9H16N4OS/c1-7-5-13(2-3-15-7)6-8-11-9(4-10)14-12-8/h7H,2-6,10H2,1H3. The highest BCUT2D eigenvalue weighted by Crippen LogP contribution is 2.18. The zero-order valence-electron chi connectivity index (χ0n) is 8.85. The minimum absolute atomic E-state index is 0.319. The summed E-state index contributed by atoms with van der Waals surface area (Å²) >= 11 is 2.02. The molecule has 2 N–H and O–H groups in total. The van der Waals surface area contributed by atoms with Crippen LogP contribution in [0.5, 0.6) is 0 Å². The molecule has 1 aliphatic heterocycles. The second-order valence-electron chi connectivity index (χ2n) is 3.72. The third-order valence-electron chi connectivity index (χ3n) is 2.37. The monoisotopic (exact) mass is 228 g/mol. The van der Waals surface area contributed by atoms with E-state index in [4.69, 9.17) is 10.3 Å². The van der Waals surface area contributed by atoms with Crippen LogP contribution >= 0.6 is 11.8 Å². The van der Waals surface area contributed by atoms with E-state index in [0.29, 0.717) is 17.7 Å². The summed E-state index contributed by atoms with van der Waals surface area (Å²) in [6, 6.07) is 0. The van der Waals surface area contributed by atoms with Crippen molar-refractivity contribution in [3.05, 3.63) is 11.7 Å². The van der Waals surface area contributed by atoms with Crippen molar-refractivity contribution in [2.75, 3.05) is 18.8 Å². The lowest BCUT2D eigenvalue weighted by atomic mass is 10.3. The molecule has 0 aliphatic carbocycles. The number of rotatable bonds is 3. The van der Waals surface area contributed by atoms with Gasteiger partial charge >= 0.3 is 0 Å². The van der Waals surface area contributed by atoms with Crippen molar-refractivity contribution in [2.24, 2.45) is 5.73 Å². The number of hydrogen-bond donors (Lipinski definition) is 1. The normalized spacial score (nSPS) is 23.2. The first kappa shape index (κ1) is 10.9. The van der Waals surface area contributed by atoms with Gasteiger partial charge in [0, 0.05) is 24.1 Å². The topological polar surface area (TPSA) is 68.2 Å². The molecule has 1 aromatic rings. The second-order valence-corrected chi connectivity index (χ2v) is 5.27. The van der Waals surface area contributed by atoms with Crippen molar-refractivity contribution in [1.82, 2.24) is 15.0 Å². The van der Waals surface area contributed by atoms with E-state index in [2.05, 4.69) is 22.0 Å². The third kappa shape index (κ3) is 2.93. The smallest absolute Gasteiger partial charge is 0.240 e. The van der Waals surface area contributed by atoms with Gasteiger partial charge in [0.05, 0.1) is 13.1 Å². The van der Waals surface area contributed by atoms with Crippen LogP contribution in [0.25, 0.3) is 0 Å². The first-order valence-electron chi connectivity index (χ1n) is 5.13. The zero-order chi connectivity index (χ0) is 10.7. The number of aromatic nitrogens is 2. The van der Waals surface area contributed by atoms with Crippen LogP contribution in [-0.2, 0) is 13.1 Å². The zero-order valence-corrected chi connectivity index (χ0v) is 9.66. The fraction of sp³-hybridized carbons (Fsp3) is 0.778. The van der Waals surface area contributed by atoms with E-state index in [-0.39, 0.29) is 0 Å². The Morgan fingerprint density at radius 3 is 3.20 bits per heavy atom. The highest BCUT2D eigenvalue weighted by atomic mass is 32.2. The number of thioether (sulfide) groups is 1. The van der Waals surface area contributed by atoms with Gasteiger partial charge in [-0.15, -0.1) is 0 Å². The van der Waals surface area contributed by atoms with E-state index in [0.717, 1.165) is 25.5 Å². The van der Waals surface area contributed by atoms with Crippen molar-refractivity contribution >= 4 is 11.8 Å². The maximum Gasteiger partial charge on any atom is 0.240 e. The van der Waals surface area contributed by atoms with Crippen LogP contribution < -0.4 is 5.73 Å². The van der Waals surface area contributed by atoms with E-state index >= 15 is 0 Å². The summed E-state index contributed by atoms with van der Waals surface area (Å²) in [6.07, 6.45) is 0. The SMILES string of the molecule is CC1CN(Cc2noc(CN)n2)CCS1. The molecule has 0 bridgehead atoms. The average Bonchev–Trinajstić information content (AvgIpc) is 2.65. The number of nitrogens with zero attached hydrogens (tertiary/aromatic N) is 3. The molecule has 1 saturated heterocycles. The van der Waals surface area contributed by atoms with E-state index in [1.807, 2.05) is 11.8 Å². The first-order chi connectivity index (χ1) is 7.28. The fourth-order valence-corrected chi connectivity index (χ4v) is 2.75. The molecule has 1 aliphatic rings. The van der Waals surface area contributed by atoms with E-state index in [1.165, 1.54) is 5.75 Å². The molecular weight excluding hydrogens is 212 g/mol.